The smallest absolute Gasteiger partial charge is 0.258 e. The molecule has 0 bridgehead atoms. The zero-order valence-corrected chi connectivity index (χ0v) is 19.1. The van der Waals surface area contributed by atoms with Crippen molar-refractivity contribution in [2.24, 2.45) is 0 Å². The Morgan fingerprint density at radius 3 is 2.67 bits per heavy atom. The predicted molar refractivity (Wildman–Crippen MR) is 118 cm³/mol. The van der Waals surface area contributed by atoms with Crippen LogP contribution in [-0.2, 0) is 14.9 Å². The van der Waals surface area contributed by atoms with Crippen LogP contribution in [0.5, 0.6) is 0 Å². The van der Waals surface area contributed by atoms with Gasteiger partial charge < -0.3 is 10.1 Å². The van der Waals surface area contributed by atoms with E-state index in [-0.39, 0.29) is 18.2 Å². The highest BCUT2D eigenvalue weighted by molar-refractivity contribution is 6.76. The summed E-state index contributed by atoms with van der Waals surface area (Å²) in [6.45, 7) is 11.3. The van der Waals surface area contributed by atoms with Crippen molar-refractivity contribution >= 4 is 31.3 Å². The molecule has 0 radical (unpaired) electrons. The molecule has 2 heterocycles. The van der Waals surface area contributed by atoms with E-state index in [0.717, 1.165) is 17.8 Å². The van der Waals surface area contributed by atoms with E-state index < -0.39 is 25.2 Å². The number of amides is 2. The van der Waals surface area contributed by atoms with E-state index in [1.165, 1.54) is 12.3 Å². The molecule has 30 heavy (non-hydrogen) atoms. The number of fused-ring (bicyclic) bond motifs is 1. The van der Waals surface area contributed by atoms with E-state index in [0.29, 0.717) is 18.0 Å². The Bertz CT molecular complexity index is 972. The number of hydrogen-bond acceptors (Lipinski definition) is 4. The topological polar surface area (TPSA) is 71.5 Å². The Hall–Kier alpha value is -2.58. The Morgan fingerprint density at radius 2 is 2.00 bits per heavy atom. The molecule has 1 N–H and O–H groups in total. The van der Waals surface area contributed by atoms with Gasteiger partial charge in [0.2, 0.25) is 5.91 Å². The lowest BCUT2D eigenvalue weighted by molar-refractivity contribution is -0.123. The number of nitrogens with one attached hydrogen (secondary N) is 1. The number of carbonyl (C=O) groups excluding carboxylic acids is 2. The number of rotatable bonds is 7. The zero-order valence-electron chi connectivity index (χ0n) is 18.1. The average Bonchev–Trinajstić information content (AvgIpc) is 2.84. The molecule has 2 aromatic rings. The molecule has 0 saturated carbocycles. The minimum absolute atomic E-state index is 0.0471. The molecule has 1 aromatic heterocycles. The van der Waals surface area contributed by atoms with Crippen LogP contribution in [0.4, 0.5) is 15.8 Å². The van der Waals surface area contributed by atoms with Crippen molar-refractivity contribution in [3.8, 4) is 0 Å². The Balaban J connectivity index is 1.80. The Labute approximate surface area is 177 Å². The van der Waals surface area contributed by atoms with Gasteiger partial charge in [-0.05, 0) is 43.7 Å². The lowest BCUT2D eigenvalue weighted by Gasteiger charge is -2.22. The first kappa shape index (κ1) is 22.1. The average molecular weight is 430 g/mol. The highest BCUT2D eigenvalue weighted by Gasteiger charge is 2.44. The number of pyridine rings is 1. The van der Waals surface area contributed by atoms with Crippen LogP contribution >= 0.6 is 0 Å². The molecule has 8 heteroatoms. The van der Waals surface area contributed by atoms with Gasteiger partial charge in [0.15, 0.2) is 5.82 Å². The van der Waals surface area contributed by atoms with Gasteiger partial charge in [0, 0.05) is 26.6 Å². The van der Waals surface area contributed by atoms with Crippen molar-refractivity contribution < 1.29 is 18.7 Å². The van der Waals surface area contributed by atoms with Gasteiger partial charge in [-0.25, -0.2) is 4.39 Å². The van der Waals surface area contributed by atoms with Crippen LogP contribution < -0.4 is 10.2 Å². The molecule has 0 fully saturated rings. The van der Waals surface area contributed by atoms with Crippen molar-refractivity contribution in [1.29, 1.82) is 0 Å². The highest BCUT2D eigenvalue weighted by Crippen LogP contribution is 2.42. The van der Waals surface area contributed by atoms with E-state index in [2.05, 4.69) is 29.9 Å². The summed E-state index contributed by atoms with van der Waals surface area (Å²) in [4.78, 5) is 30.7. The maximum atomic E-state index is 13.8. The number of benzene rings is 1. The van der Waals surface area contributed by atoms with Crippen molar-refractivity contribution in [2.75, 3.05) is 23.6 Å². The number of nitrogens with zero attached hydrogens (tertiary/aromatic N) is 2. The number of anilines is 2. The van der Waals surface area contributed by atoms with Gasteiger partial charge in [-0.15, -0.1) is 0 Å². The minimum atomic E-state index is -1.23. The first-order valence-electron chi connectivity index (χ1n) is 9.96. The maximum Gasteiger partial charge on any atom is 0.258 e. The van der Waals surface area contributed by atoms with Crippen molar-refractivity contribution in [3.05, 3.63) is 53.6 Å². The molecule has 160 valence electrons. The monoisotopic (exact) mass is 429 g/mol. The summed E-state index contributed by atoms with van der Waals surface area (Å²) in [5, 5.41) is 2.70. The van der Waals surface area contributed by atoms with Gasteiger partial charge in [-0.1, -0.05) is 25.7 Å². The van der Waals surface area contributed by atoms with Crippen LogP contribution in [-0.4, -0.2) is 38.2 Å². The van der Waals surface area contributed by atoms with Crippen LogP contribution in [0.15, 0.2) is 36.7 Å². The molecule has 0 spiro atoms. The molecule has 1 aromatic carbocycles. The van der Waals surface area contributed by atoms with Crippen LogP contribution in [0.2, 0.25) is 25.7 Å². The maximum absolute atomic E-state index is 13.8. The molecular formula is C22H28FN3O3Si. The summed E-state index contributed by atoms with van der Waals surface area (Å²) in [5.74, 6) is -1.31. The third-order valence-electron chi connectivity index (χ3n) is 5.23. The van der Waals surface area contributed by atoms with E-state index >= 15 is 0 Å². The van der Waals surface area contributed by atoms with Gasteiger partial charge in [0.05, 0.1) is 22.9 Å². The number of halogens is 1. The second-order valence-electron chi connectivity index (χ2n) is 9.25. The van der Waals surface area contributed by atoms with Crippen molar-refractivity contribution in [2.45, 2.75) is 44.9 Å². The van der Waals surface area contributed by atoms with Crippen LogP contribution in [0.25, 0.3) is 0 Å². The minimum Gasteiger partial charge on any atom is -0.361 e. The molecule has 3 rings (SSSR count). The third-order valence-corrected chi connectivity index (χ3v) is 6.94. The van der Waals surface area contributed by atoms with Gasteiger partial charge in [-0.2, -0.15) is 0 Å². The SMILES string of the molecule is CC1(C)C(=O)N(COCC[Si](C)(C)C)c2cc(NC(=O)c3ccncc3F)ccc21. The summed E-state index contributed by atoms with van der Waals surface area (Å²) in [6, 6.07) is 7.62. The molecule has 0 saturated heterocycles. The predicted octanol–water partition coefficient (Wildman–Crippen LogP) is 4.41. The number of hydrogen-bond donors (Lipinski definition) is 1. The summed E-state index contributed by atoms with van der Waals surface area (Å²) >= 11 is 0. The van der Waals surface area contributed by atoms with Crippen molar-refractivity contribution in [1.82, 2.24) is 4.98 Å². The van der Waals surface area contributed by atoms with E-state index in [1.807, 2.05) is 19.9 Å². The van der Waals surface area contributed by atoms with E-state index in [4.69, 9.17) is 4.74 Å². The third kappa shape index (κ3) is 4.60. The summed E-state index contributed by atoms with van der Waals surface area (Å²) in [5.41, 5.74) is 1.28. The van der Waals surface area contributed by atoms with Crippen LogP contribution in [0.3, 0.4) is 0 Å². The normalized spacial score (nSPS) is 15.3. The molecule has 6 nitrogen and oxygen atoms in total. The lowest BCUT2D eigenvalue weighted by atomic mass is 9.86. The van der Waals surface area contributed by atoms with Crippen LogP contribution in [0.1, 0.15) is 29.8 Å². The fourth-order valence-corrected chi connectivity index (χ4v) is 4.10. The fourth-order valence-electron chi connectivity index (χ4n) is 3.34. The van der Waals surface area contributed by atoms with Gasteiger partial charge in [0.1, 0.15) is 6.73 Å². The molecule has 2 amide bonds. The summed E-state index contributed by atoms with van der Waals surface area (Å²) in [6.07, 6.45) is 2.36. The highest BCUT2D eigenvalue weighted by atomic mass is 28.3. The largest absolute Gasteiger partial charge is 0.361 e. The molecule has 0 atom stereocenters. The summed E-state index contributed by atoms with van der Waals surface area (Å²) < 4.78 is 19.7. The second kappa shape index (κ2) is 8.27. The van der Waals surface area contributed by atoms with E-state index in [9.17, 15) is 14.0 Å². The lowest BCUT2D eigenvalue weighted by Crippen LogP contribution is -2.38. The van der Waals surface area contributed by atoms with Gasteiger partial charge >= 0.3 is 0 Å². The molecule has 1 aliphatic rings. The van der Waals surface area contributed by atoms with E-state index in [1.54, 1.807) is 17.0 Å². The molecular weight excluding hydrogens is 401 g/mol. The summed E-state index contributed by atoms with van der Waals surface area (Å²) in [7, 11) is -1.23. The molecule has 1 aliphatic heterocycles. The van der Waals surface area contributed by atoms with Gasteiger partial charge in [0.25, 0.3) is 5.91 Å². The Morgan fingerprint density at radius 1 is 1.27 bits per heavy atom. The molecule has 0 unspecified atom stereocenters. The van der Waals surface area contributed by atoms with Gasteiger partial charge in [-0.3, -0.25) is 19.5 Å². The number of carbonyl (C=O) groups is 2. The number of aromatic nitrogens is 1. The second-order valence-corrected chi connectivity index (χ2v) is 14.9. The first-order chi connectivity index (χ1) is 14.0. The quantitative estimate of drug-likeness (QED) is 0.523. The zero-order chi connectivity index (χ0) is 22.1. The molecule has 0 aliphatic carbocycles. The first-order valence-corrected chi connectivity index (χ1v) is 13.7. The Kier molecular flexibility index (Phi) is 6.10. The fraction of sp³-hybridized carbons (Fsp3) is 0.409. The van der Waals surface area contributed by atoms with Crippen LogP contribution in [0, 0.1) is 5.82 Å². The number of ether oxygens (including phenoxy) is 1. The van der Waals surface area contributed by atoms with Crippen molar-refractivity contribution in [3.63, 3.8) is 0 Å². The standard InChI is InChI=1S/C22H28FN3O3Si/c1-22(2)17-7-6-15(25-20(27)16-8-9-24-13-18(16)23)12-19(17)26(21(22)28)14-29-10-11-30(3,4)5/h6-9,12-13H,10-11,14H2,1-5H3,(H,25,27).